The largest absolute Gasteiger partial charge is 0.383 e. The van der Waals surface area contributed by atoms with Gasteiger partial charge in [0.1, 0.15) is 5.84 Å². The number of rotatable bonds is 3. The average Bonchev–Trinajstić information content (AvgIpc) is 2.62. The van der Waals surface area contributed by atoms with E-state index in [4.69, 9.17) is 5.73 Å². The first-order valence-corrected chi connectivity index (χ1v) is 5.94. The van der Waals surface area contributed by atoms with Gasteiger partial charge in [-0.2, -0.15) is 5.10 Å². The molecule has 1 aromatic carbocycles. The Hall–Kier alpha value is -2.10. The van der Waals surface area contributed by atoms with E-state index >= 15 is 0 Å². The maximum atomic E-state index is 5.97. The van der Waals surface area contributed by atoms with Crippen molar-refractivity contribution in [3.63, 3.8) is 0 Å². The van der Waals surface area contributed by atoms with E-state index in [0.717, 1.165) is 22.5 Å². The number of aromatic nitrogens is 2. The smallest absolute Gasteiger partial charge is 0.125 e. The number of aliphatic imine (C=N–C) groups is 1. The van der Waals surface area contributed by atoms with E-state index in [2.05, 4.69) is 10.1 Å². The third kappa shape index (κ3) is 2.42. The van der Waals surface area contributed by atoms with Crippen molar-refractivity contribution < 1.29 is 0 Å². The molecule has 0 aliphatic rings. The van der Waals surface area contributed by atoms with Crippen LogP contribution in [0.5, 0.6) is 0 Å². The molecule has 0 amide bonds. The highest BCUT2D eigenvalue weighted by atomic mass is 15.3. The summed E-state index contributed by atoms with van der Waals surface area (Å²) in [6, 6.07) is 9.80. The second-order valence-corrected chi connectivity index (χ2v) is 4.34. The molecule has 0 saturated heterocycles. The molecule has 0 aliphatic heterocycles. The van der Waals surface area contributed by atoms with Crippen LogP contribution >= 0.6 is 0 Å². The monoisotopic (exact) mass is 242 g/mol. The molecule has 0 aliphatic carbocycles. The van der Waals surface area contributed by atoms with Crippen LogP contribution in [0.1, 0.15) is 22.5 Å². The van der Waals surface area contributed by atoms with Crippen molar-refractivity contribution in [1.29, 1.82) is 0 Å². The highest BCUT2D eigenvalue weighted by Crippen LogP contribution is 2.13. The number of amidine groups is 1. The van der Waals surface area contributed by atoms with Crippen LogP contribution in [-0.2, 0) is 13.6 Å². The minimum Gasteiger partial charge on any atom is -0.383 e. The minimum atomic E-state index is 0.568. The zero-order valence-electron chi connectivity index (χ0n) is 11.0. The van der Waals surface area contributed by atoms with E-state index in [-0.39, 0.29) is 0 Å². The van der Waals surface area contributed by atoms with Crippen LogP contribution in [0.25, 0.3) is 0 Å². The predicted octanol–water partition coefficient (Wildman–Crippen LogP) is 1.94. The van der Waals surface area contributed by atoms with Gasteiger partial charge in [-0.25, -0.2) is 0 Å². The van der Waals surface area contributed by atoms with Crippen LogP contribution in [0.15, 0.2) is 35.3 Å². The molecule has 94 valence electrons. The van der Waals surface area contributed by atoms with E-state index < -0.39 is 0 Å². The normalized spacial score (nSPS) is 11.8. The Balaban J connectivity index is 2.21. The lowest BCUT2D eigenvalue weighted by Crippen LogP contribution is -2.13. The summed E-state index contributed by atoms with van der Waals surface area (Å²) in [6.07, 6.45) is 0. The molecule has 2 aromatic rings. The van der Waals surface area contributed by atoms with Gasteiger partial charge in [0, 0.05) is 23.9 Å². The first-order valence-electron chi connectivity index (χ1n) is 5.94. The van der Waals surface area contributed by atoms with Gasteiger partial charge >= 0.3 is 0 Å². The third-order valence-corrected chi connectivity index (χ3v) is 3.14. The summed E-state index contributed by atoms with van der Waals surface area (Å²) < 4.78 is 1.87. The van der Waals surface area contributed by atoms with E-state index in [9.17, 15) is 0 Å². The molecule has 2 rings (SSSR count). The molecule has 2 N–H and O–H groups in total. The van der Waals surface area contributed by atoms with Gasteiger partial charge in [-0.15, -0.1) is 0 Å². The Morgan fingerprint density at radius 2 is 1.94 bits per heavy atom. The SMILES string of the molecule is Cc1nn(C)c(C)c1CN=C(N)c1ccccc1. The molecule has 4 nitrogen and oxygen atoms in total. The lowest BCUT2D eigenvalue weighted by atomic mass is 10.2. The van der Waals surface area contributed by atoms with Crippen LogP contribution in [0.2, 0.25) is 0 Å². The van der Waals surface area contributed by atoms with Gasteiger partial charge in [-0.05, 0) is 13.8 Å². The first-order chi connectivity index (χ1) is 8.59. The number of benzene rings is 1. The first kappa shape index (κ1) is 12.4. The van der Waals surface area contributed by atoms with Crippen molar-refractivity contribution in [3.05, 3.63) is 52.8 Å². The fraction of sp³-hybridized carbons (Fsp3) is 0.286. The topological polar surface area (TPSA) is 56.2 Å². The van der Waals surface area contributed by atoms with Gasteiger partial charge in [0.05, 0.1) is 12.2 Å². The molecule has 0 radical (unpaired) electrons. The maximum Gasteiger partial charge on any atom is 0.125 e. The van der Waals surface area contributed by atoms with Crippen molar-refractivity contribution in [3.8, 4) is 0 Å². The minimum absolute atomic E-state index is 0.568. The number of hydrogen-bond donors (Lipinski definition) is 1. The second kappa shape index (κ2) is 5.04. The van der Waals surface area contributed by atoms with Crippen LogP contribution in [0, 0.1) is 13.8 Å². The van der Waals surface area contributed by atoms with Gasteiger partial charge < -0.3 is 5.73 Å². The van der Waals surface area contributed by atoms with Crippen LogP contribution in [-0.4, -0.2) is 15.6 Å². The summed E-state index contributed by atoms with van der Waals surface area (Å²) in [5.74, 6) is 0.568. The zero-order valence-corrected chi connectivity index (χ0v) is 11.0. The Morgan fingerprint density at radius 3 is 2.50 bits per heavy atom. The van der Waals surface area contributed by atoms with E-state index in [0.29, 0.717) is 12.4 Å². The van der Waals surface area contributed by atoms with Crippen LogP contribution in [0.4, 0.5) is 0 Å². The molecule has 0 atom stereocenters. The highest BCUT2D eigenvalue weighted by Gasteiger charge is 2.08. The lowest BCUT2D eigenvalue weighted by molar-refractivity contribution is 0.730. The van der Waals surface area contributed by atoms with Crippen molar-refractivity contribution in [1.82, 2.24) is 9.78 Å². The Labute approximate surface area is 107 Å². The quantitative estimate of drug-likeness (QED) is 0.660. The number of nitrogens with two attached hydrogens (primary N) is 1. The van der Waals surface area contributed by atoms with Crippen molar-refractivity contribution in [2.45, 2.75) is 20.4 Å². The molecule has 0 spiro atoms. The van der Waals surface area contributed by atoms with E-state index in [1.54, 1.807) is 0 Å². The summed E-state index contributed by atoms with van der Waals surface area (Å²) in [5, 5.41) is 4.37. The van der Waals surface area contributed by atoms with E-state index in [1.165, 1.54) is 0 Å². The van der Waals surface area contributed by atoms with Gasteiger partial charge in [-0.3, -0.25) is 9.67 Å². The Morgan fingerprint density at radius 1 is 1.28 bits per heavy atom. The van der Waals surface area contributed by atoms with Crippen molar-refractivity contribution in [2.24, 2.45) is 17.8 Å². The standard InChI is InChI=1S/C14H18N4/c1-10-13(11(2)18(3)17-10)9-16-14(15)12-7-5-4-6-8-12/h4-8H,9H2,1-3H3,(H2,15,16). The fourth-order valence-electron chi connectivity index (χ4n) is 1.91. The second-order valence-electron chi connectivity index (χ2n) is 4.34. The summed E-state index contributed by atoms with van der Waals surface area (Å²) >= 11 is 0. The summed E-state index contributed by atoms with van der Waals surface area (Å²) in [4.78, 5) is 4.44. The lowest BCUT2D eigenvalue weighted by Gasteiger charge is -2.02. The molecule has 18 heavy (non-hydrogen) atoms. The number of nitrogens with zero attached hydrogens (tertiary/aromatic N) is 3. The van der Waals surface area contributed by atoms with Gasteiger partial charge in [-0.1, -0.05) is 30.3 Å². The summed E-state index contributed by atoms with van der Waals surface area (Å²) in [7, 11) is 1.94. The highest BCUT2D eigenvalue weighted by molar-refractivity contribution is 5.97. The van der Waals surface area contributed by atoms with Crippen LogP contribution < -0.4 is 5.73 Å². The molecule has 0 saturated carbocycles. The summed E-state index contributed by atoms with van der Waals surface area (Å²) in [5.41, 5.74) is 10.2. The molecule has 0 fully saturated rings. The van der Waals surface area contributed by atoms with Gasteiger partial charge in [0.2, 0.25) is 0 Å². The van der Waals surface area contributed by atoms with E-state index in [1.807, 2.05) is 55.9 Å². The fourth-order valence-corrected chi connectivity index (χ4v) is 1.91. The summed E-state index contributed by atoms with van der Waals surface area (Å²) in [6.45, 7) is 4.62. The van der Waals surface area contributed by atoms with Crippen molar-refractivity contribution >= 4 is 5.84 Å². The average molecular weight is 242 g/mol. The van der Waals surface area contributed by atoms with Crippen molar-refractivity contribution in [2.75, 3.05) is 0 Å². The molecule has 1 heterocycles. The molecular formula is C14H18N4. The van der Waals surface area contributed by atoms with Gasteiger partial charge in [0.25, 0.3) is 0 Å². The number of hydrogen-bond acceptors (Lipinski definition) is 2. The Bertz CT molecular complexity index is 567. The molecule has 1 aromatic heterocycles. The third-order valence-electron chi connectivity index (χ3n) is 3.14. The Kier molecular flexibility index (Phi) is 3.46. The predicted molar refractivity (Wildman–Crippen MR) is 73.6 cm³/mol. The molecule has 4 heteroatoms. The zero-order chi connectivity index (χ0) is 13.1. The molecule has 0 unspecified atom stereocenters. The molecule has 0 bridgehead atoms. The maximum absolute atomic E-state index is 5.97. The van der Waals surface area contributed by atoms with Crippen LogP contribution in [0.3, 0.4) is 0 Å². The number of aryl methyl sites for hydroxylation is 2. The molecular weight excluding hydrogens is 224 g/mol. The van der Waals surface area contributed by atoms with Gasteiger partial charge in [0.15, 0.2) is 0 Å².